The molecule has 1 saturated heterocycles. The molecule has 1 unspecified atom stereocenters. The Morgan fingerprint density at radius 3 is 1.90 bits per heavy atom. The third-order valence-corrected chi connectivity index (χ3v) is 7.48. The van der Waals surface area contributed by atoms with Gasteiger partial charge in [-0.25, -0.2) is 0 Å². The Balaban J connectivity index is 1.13. The number of benzene rings is 1. The smallest absolute Gasteiger partial charge is 0.264 e. The second kappa shape index (κ2) is 22.3. The lowest BCUT2D eigenvalue weighted by atomic mass is 10.0. The molecule has 0 radical (unpaired) electrons. The van der Waals surface area contributed by atoms with Crippen molar-refractivity contribution in [2.75, 3.05) is 105 Å². The molecule has 15 nitrogen and oxygen atoms in total. The first-order chi connectivity index (χ1) is 23.3. The van der Waals surface area contributed by atoms with Crippen molar-refractivity contribution < 1.29 is 52.4 Å². The Hall–Kier alpha value is -3.31. The summed E-state index contributed by atoms with van der Waals surface area (Å²) in [5.41, 5.74) is 0.399. The number of fused-ring (bicyclic) bond motifs is 1. The molecule has 48 heavy (non-hydrogen) atoms. The van der Waals surface area contributed by atoms with Crippen LogP contribution in [0.2, 0.25) is 0 Å². The van der Waals surface area contributed by atoms with E-state index in [1.807, 2.05) is 14.1 Å². The number of likely N-dealkylation sites (N-methyl/N-ethyl adjacent to an activating group) is 1. The van der Waals surface area contributed by atoms with Crippen LogP contribution < -0.4 is 10.6 Å². The standard InChI is InChI=1S/C33H50N4O11/c1-36(2)12-14-44-16-18-46-20-22-48-24-23-47-21-19-45-17-15-43-13-5-3-4-9-28(38)34-26-8-6-7-25-30(26)33(42)37(32(25)41)27-10-11-29(39)35-31(27)40/h6-8,27H,3-5,9-24H2,1-2H3,(H,34,38)(H,35,39,40). The lowest BCUT2D eigenvalue weighted by Gasteiger charge is -2.27. The van der Waals surface area contributed by atoms with E-state index in [0.29, 0.717) is 85.7 Å². The first-order valence-corrected chi connectivity index (χ1v) is 16.5. The van der Waals surface area contributed by atoms with Gasteiger partial charge < -0.3 is 38.6 Å². The summed E-state index contributed by atoms with van der Waals surface area (Å²) in [5.74, 6) is -2.69. The van der Waals surface area contributed by atoms with Gasteiger partial charge in [0.05, 0.1) is 89.5 Å². The second-order valence-corrected chi connectivity index (χ2v) is 11.5. The Morgan fingerprint density at radius 2 is 1.33 bits per heavy atom. The molecular weight excluding hydrogens is 628 g/mol. The maximum absolute atomic E-state index is 13.2. The SMILES string of the molecule is CN(C)CCOCCOCCOCCOCCOCCOCCCCCC(=O)Nc1cccc2c1C(=O)N(C1CCC(=O)NC1=O)C2=O. The minimum Gasteiger partial charge on any atom is -0.379 e. The van der Waals surface area contributed by atoms with Crippen molar-refractivity contribution in [1.29, 1.82) is 0 Å². The van der Waals surface area contributed by atoms with Crippen LogP contribution in [-0.4, -0.2) is 145 Å². The van der Waals surface area contributed by atoms with Gasteiger partial charge in [-0.3, -0.25) is 34.2 Å². The van der Waals surface area contributed by atoms with E-state index in [1.165, 1.54) is 6.07 Å². The number of unbranched alkanes of at least 4 members (excludes halogenated alkanes) is 2. The predicted octanol–water partition coefficient (Wildman–Crippen LogP) is 1.25. The summed E-state index contributed by atoms with van der Waals surface area (Å²) in [6, 6.07) is 3.54. The van der Waals surface area contributed by atoms with Gasteiger partial charge in [-0.2, -0.15) is 0 Å². The summed E-state index contributed by atoms with van der Waals surface area (Å²) in [6.07, 6.45) is 2.50. The summed E-state index contributed by atoms with van der Waals surface area (Å²) in [6.45, 7) is 7.15. The van der Waals surface area contributed by atoms with Crippen molar-refractivity contribution in [3.05, 3.63) is 29.3 Å². The van der Waals surface area contributed by atoms with Crippen LogP contribution in [0.1, 0.15) is 59.2 Å². The van der Waals surface area contributed by atoms with E-state index in [-0.39, 0.29) is 42.0 Å². The molecule has 0 saturated carbocycles. The van der Waals surface area contributed by atoms with Gasteiger partial charge in [-0.15, -0.1) is 0 Å². The van der Waals surface area contributed by atoms with Crippen molar-refractivity contribution in [1.82, 2.24) is 15.1 Å². The lowest BCUT2D eigenvalue weighted by molar-refractivity contribution is -0.136. The maximum Gasteiger partial charge on any atom is 0.264 e. The number of imide groups is 2. The van der Waals surface area contributed by atoms with Gasteiger partial charge in [-0.1, -0.05) is 12.5 Å². The number of nitrogens with zero attached hydrogens (tertiary/aromatic N) is 2. The number of carbonyl (C=O) groups is 5. The highest BCUT2D eigenvalue weighted by atomic mass is 16.6. The van der Waals surface area contributed by atoms with Crippen LogP contribution in [0.3, 0.4) is 0 Å². The van der Waals surface area contributed by atoms with Gasteiger partial charge in [0.1, 0.15) is 6.04 Å². The van der Waals surface area contributed by atoms with E-state index in [0.717, 1.165) is 24.3 Å². The maximum atomic E-state index is 13.2. The molecule has 2 N–H and O–H groups in total. The van der Waals surface area contributed by atoms with E-state index in [2.05, 4.69) is 15.5 Å². The summed E-state index contributed by atoms with van der Waals surface area (Å²) in [5, 5.41) is 4.90. The average molecular weight is 679 g/mol. The summed E-state index contributed by atoms with van der Waals surface area (Å²) in [4.78, 5) is 65.4. The third kappa shape index (κ3) is 13.7. The Kier molecular flexibility index (Phi) is 18.2. The van der Waals surface area contributed by atoms with Crippen molar-refractivity contribution in [2.24, 2.45) is 0 Å². The highest BCUT2D eigenvalue weighted by Crippen LogP contribution is 2.32. The Bertz CT molecular complexity index is 1200. The summed E-state index contributed by atoms with van der Waals surface area (Å²) < 4.78 is 32.9. The van der Waals surface area contributed by atoms with Crippen LogP contribution in [0.15, 0.2) is 18.2 Å². The van der Waals surface area contributed by atoms with Crippen LogP contribution in [0.25, 0.3) is 0 Å². The Morgan fingerprint density at radius 1 is 0.771 bits per heavy atom. The topological polar surface area (TPSA) is 171 Å². The van der Waals surface area contributed by atoms with E-state index in [1.54, 1.807) is 12.1 Å². The van der Waals surface area contributed by atoms with E-state index >= 15 is 0 Å². The van der Waals surface area contributed by atoms with Crippen LogP contribution in [0, 0.1) is 0 Å². The first kappa shape index (κ1) is 39.1. The molecule has 0 aliphatic carbocycles. The molecule has 5 amide bonds. The number of nitrogens with one attached hydrogen (secondary N) is 2. The van der Waals surface area contributed by atoms with Gasteiger partial charge >= 0.3 is 0 Å². The fraction of sp³-hybridized carbons (Fsp3) is 0.667. The van der Waals surface area contributed by atoms with Gasteiger partial charge in [0, 0.05) is 26.0 Å². The van der Waals surface area contributed by atoms with E-state index in [4.69, 9.17) is 28.4 Å². The number of hydrogen-bond acceptors (Lipinski definition) is 12. The highest BCUT2D eigenvalue weighted by Gasteiger charge is 2.45. The molecule has 2 aliphatic heterocycles. The zero-order valence-electron chi connectivity index (χ0n) is 28.1. The van der Waals surface area contributed by atoms with Gasteiger partial charge in [0.2, 0.25) is 17.7 Å². The van der Waals surface area contributed by atoms with Crippen LogP contribution in [-0.2, 0) is 42.8 Å². The lowest BCUT2D eigenvalue weighted by Crippen LogP contribution is -2.54. The number of rotatable bonds is 26. The number of carbonyl (C=O) groups excluding carboxylic acids is 5. The molecule has 1 aromatic rings. The van der Waals surface area contributed by atoms with Gasteiger partial charge in [0.15, 0.2) is 0 Å². The molecule has 268 valence electrons. The number of amides is 5. The third-order valence-electron chi connectivity index (χ3n) is 7.48. The van der Waals surface area contributed by atoms with Crippen molar-refractivity contribution >= 4 is 35.2 Å². The number of anilines is 1. The summed E-state index contributed by atoms with van der Waals surface area (Å²) in [7, 11) is 4.01. The number of piperidine rings is 1. The molecule has 15 heteroatoms. The average Bonchev–Trinajstić information content (AvgIpc) is 3.31. The molecule has 3 rings (SSSR count). The predicted molar refractivity (Wildman–Crippen MR) is 174 cm³/mol. The summed E-state index contributed by atoms with van der Waals surface area (Å²) >= 11 is 0. The van der Waals surface area contributed by atoms with E-state index in [9.17, 15) is 24.0 Å². The molecule has 1 atom stereocenters. The highest BCUT2D eigenvalue weighted by molar-refractivity contribution is 6.26. The fourth-order valence-electron chi connectivity index (χ4n) is 4.95. The largest absolute Gasteiger partial charge is 0.379 e. The van der Waals surface area contributed by atoms with Crippen molar-refractivity contribution in [3.63, 3.8) is 0 Å². The molecule has 1 fully saturated rings. The van der Waals surface area contributed by atoms with Crippen LogP contribution in [0.5, 0.6) is 0 Å². The van der Waals surface area contributed by atoms with Crippen molar-refractivity contribution in [3.8, 4) is 0 Å². The van der Waals surface area contributed by atoms with Crippen LogP contribution >= 0.6 is 0 Å². The minimum absolute atomic E-state index is 0.0335. The molecule has 0 aromatic heterocycles. The molecule has 1 aromatic carbocycles. The normalized spacial score (nSPS) is 16.1. The monoisotopic (exact) mass is 678 g/mol. The zero-order chi connectivity index (χ0) is 34.6. The molecule has 0 bridgehead atoms. The molecule has 2 aliphatic rings. The fourth-order valence-corrected chi connectivity index (χ4v) is 4.95. The molecule has 0 spiro atoms. The quantitative estimate of drug-likeness (QED) is 0.106. The zero-order valence-corrected chi connectivity index (χ0v) is 28.1. The molecule has 2 heterocycles. The van der Waals surface area contributed by atoms with Gasteiger partial charge in [-0.05, 0) is 45.5 Å². The second-order valence-electron chi connectivity index (χ2n) is 11.5. The first-order valence-electron chi connectivity index (χ1n) is 16.5. The van der Waals surface area contributed by atoms with E-state index < -0.39 is 29.7 Å². The van der Waals surface area contributed by atoms with Crippen molar-refractivity contribution in [2.45, 2.75) is 44.6 Å². The number of hydrogen-bond donors (Lipinski definition) is 2. The molecular formula is C33H50N4O11. The number of ether oxygens (including phenoxy) is 6. The minimum atomic E-state index is -1.07. The van der Waals surface area contributed by atoms with Gasteiger partial charge in [0.25, 0.3) is 11.8 Å². The van der Waals surface area contributed by atoms with Crippen LogP contribution in [0.4, 0.5) is 5.69 Å². The Labute approximate surface area is 281 Å².